The van der Waals surface area contributed by atoms with Crippen LogP contribution in [-0.4, -0.2) is 14.5 Å². The molecule has 106 valence electrons. The number of hydrogen-bond donors (Lipinski definition) is 0. The zero-order chi connectivity index (χ0) is 15.0. The monoisotopic (exact) mass is 367 g/mol. The average Bonchev–Trinajstić information content (AvgIpc) is 2.45. The summed E-state index contributed by atoms with van der Waals surface area (Å²) in [4.78, 5) is 20.5. The highest BCUT2D eigenvalue weighted by molar-refractivity contribution is 9.10. The molecule has 4 nitrogen and oxygen atoms in total. The second-order valence-corrected chi connectivity index (χ2v) is 5.68. The maximum absolute atomic E-state index is 13.1. The summed E-state index contributed by atoms with van der Waals surface area (Å²) in [5, 5.41) is 0.637. The third kappa shape index (κ3) is 2.82. The molecule has 0 atom stereocenters. The number of rotatable bonds is 2. The summed E-state index contributed by atoms with van der Waals surface area (Å²) in [7, 11) is 0. The number of benzene rings is 1. The molecule has 0 amide bonds. The standard InChI is InChI=1S/C14H8BrClFN3O/c15-11-3-9(17)2-1-8(11)6-20-7-19-12-5-18-13(16)4-10(12)14(20)21/h1-5,7H,6H2. The van der Waals surface area contributed by atoms with Gasteiger partial charge in [0.1, 0.15) is 11.0 Å². The average molecular weight is 369 g/mol. The number of aromatic nitrogens is 3. The molecular formula is C14H8BrClFN3O. The van der Waals surface area contributed by atoms with Crippen LogP contribution in [0, 0.1) is 5.82 Å². The van der Waals surface area contributed by atoms with Crippen molar-refractivity contribution >= 4 is 38.4 Å². The second-order valence-electron chi connectivity index (χ2n) is 4.44. The van der Waals surface area contributed by atoms with Gasteiger partial charge in [-0.05, 0) is 23.8 Å². The number of fused-ring (bicyclic) bond motifs is 1. The van der Waals surface area contributed by atoms with Gasteiger partial charge >= 0.3 is 0 Å². The molecule has 3 aromatic rings. The van der Waals surface area contributed by atoms with Crippen molar-refractivity contribution in [2.45, 2.75) is 6.54 Å². The van der Waals surface area contributed by atoms with Gasteiger partial charge in [-0.25, -0.2) is 14.4 Å². The Morgan fingerprint density at radius 2 is 2.10 bits per heavy atom. The van der Waals surface area contributed by atoms with Crippen LogP contribution in [0.5, 0.6) is 0 Å². The van der Waals surface area contributed by atoms with Crippen LogP contribution < -0.4 is 5.56 Å². The van der Waals surface area contributed by atoms with Crippen LogP contribution in [0.15, 0.2) is 46.1 Å². The molecule has 0 saturated heterocycles. The molecule has 7 heteroatoms. The zero-order valence-electron chi connectivity index (χ0n) is 10.6. The highest BCUT2D eigenvalue weighted by Gasteiger charge is 2.08. The van der Waals surface area contributed by atoms with E-state index >= 15 is 0 Å². The first-order valence-electron chi connectivity index (χ1n) is 5.99. The van der Waals surface area contributed by atoms with E-state index in [-0.39, 0.29) is 23.1 Å². The van der Waals surface area contributed by atoms with Crippen molar-refractivity contribution in [1.29, 1.82) is 0 Å². The molecule has 0 spiro atoms. The minimum absolute atomic E-state index is 0.222. The predicted molar refractivity (Wildman–Crippen MR) is 82.0 cm³/mol. The maximum Gasteiger partial charge on any atom is 0.261 e. The fraction of sp³-hybridized carbons (Fsp3) is 0.0714. The van der Waals surface area contributed by atoms with E-state index in [0.29, 0.717) is 15.4 Å². The number of nitrogens with zero attached hydrogens (tertiary/aromatic N) is 3. The van der Waals surface area contributed by atoms with Crippen molar-refractivity contribution in [2.75, 3.05) is 0 Å². The molecule has 1 aromatic carbocycles. The largest absolute Gasteiger partial charge is 0.294 e. The van der Waals surface area contributed by atoms with Crippen LogP contribution >= 0.6 is 27.5 Å². The van der Waals surface area contributed by atoms with Crippen molar-refractivity contribution in [2.24, 2.45) is 0 Å². The van der Waals surface area contributed by atoms with E-state index in [9.17, 15) is 9.18 Å². The van der Waals surface area contributed by atoms with Gasteiger partial charge in [0, 0.05) is 4.47 Å². The summed E-state index contributed by atoms with van der Waals surface area (Å²) in [6.07, 6.45) is 2.90. The Hall–Kier alpha value is -1.79. The van der Waals surface area contributed by atoms with Crippen molar-refractivity contribution in [1.82, 2.24) is 14.5 Å². The highest BCUT2D eigenvalue weighted by atomic mass is 79.9. The van der Waals surface area contributed by atoms with E-state index in [1.54, 1.807) is 6.07 Å². The van der Waals surface area contributed by atoms with Crippen molar-refractivity contribution in [3.05, 3.63) is 68.1 Å². The predicted octanol–water partition coefficient (Wildman–Crippen LogP) is 3.39. The van der Waals surface area contributed by atoms with Gasteiger partial charge in [0.25, 0.3) is 5.56 Å². The lowest BCUT2D eigenvalue weighted by Crippen LogP contribution is -2.21. The maximum atomic E-state index is 13.1. The lowest BCUT2D eigenvalue weighted by Gasteiger charge is -2.08. The third-order valence-corrected chi connectivity index (χ3v) is 3.98. The quantitative estimate of drug-likeness (QED) is 0.651. The van der Waals surface area contributed by atoms with Crippen LogP contribution in [0.2, 0.25) is 5.15 Å². The summed E-state index contributed by atoms with van der Waals surface area (Å²) in [5.41, 5.74) is 1.04. The summed E-state index contributed by atoms with van der Waals surface area (Å²) in [5.74, 6) is -0.340. The Kier molecular flexibility index (Phi) is 3.73. The molecule has 0 radical (unpaired) electrons. The van der Waals surface area contributed by atoms with Gasteiger partial charge in [-0.1, -0.05) is 33.6 Å². The van der Waals surface area contributed by atoms with Crippen LogP contribution in [0.1, 0.15) is 5.56 Å². The van der Waals surface area contributed by atoms with E-state index in [2.05, 4.69) is 25.9 Å². The first kappa shape index (κ1) is 14.2. The van der Waals surface area contributed by atoms with Crippen LogP contribution in [0.4, 0.5) is 4.39 Å². The van der Waals surface area contributed by atoms with E-state index in [1.165, 1.54) is 35.3 Å². The first-order valence-corrected chi connectivity index (χ1v) is 7.16. The summed E-state index contributed by atoms with van der Waals surface area (Å²) < 4.78 is 15.1. The van der Waals surface area contributed by atoms with E-state index in [0.717, 1.165) is 5.56 Å². The highest BCUT2D eigenvalue weighted by Crippen LogP contribution is 2.19. The second kappa shape index (κ2) is 5.54. The van der Waals surface area contributed by atoms with Crippen molar-refractivity contribution in [3.63, 3.8) is 0 Å². The SMILES string of the molecule is O=c1c2cc(Cl)ncc2ncn1Cc1ccc(F)cc1Br. The molecule has 2 heterocycles. The zero-order valence-corrected chi connectivity index (χ0v) is 12.9. The molecule has 0 bridgehead atoms. The van der Waals surface area contributed by atoms with Crippen molar-refractivity contribution in [3.8, 4) is 0 Å². The van der Waals surface area contributed by atoms with Gasteiger partial charge in [-0.3, -0.25) is 9.36 Å². The third-order valence-electron chi connectivity index (χ3n) is 3.03. The fourth-order valence-corrected chi connectivity index (χ4v) is 2.62. The van der Waals surface area contributed by atoms with Gasteiger partial charge in [0.05, 0.1) is 30.0 Å². The molecule has 0 N–H and O–H groups in total. The Morgan fingerprint density at radius 3 is 2.86 bits per heavy atom. The molecule has 0 fully saturated rings. The Balaban J connectivity index is 2.09. The molecule has 0 saturated carbocycles. The van der Waals surface area contributed by atoms with Gasteiger partial charge < -0.3 is 0 Å². The van der Waals surface area contributed by atoms with Gasteiger partial charge in [0.2, 0.25) is 0 Å². The summed E-state index contributed by atoms with van der Waals surface area (Å²) in [6.45, 7) is 0.280. The summed E-state index contributed by atoms with van der Waals surface area (Å²) >= 11 is 9.09. The number of hydrogen-bond acceptors (Lipinski definition) is 3. The molecule has 21 heavy (non-hydrogen) atoms. The number of halogens is 3. The number of pyridine rings is 1. The minimum Gasteiger partial charge on any atom is -0.294 e. The van der Waals surface area contributed by atoms with Crippen LogP contribution in [0.25, 0.3) is 10.9 Å². The topological polar surface area (TPSA) is 47.8 Å². The molecule has 0 unspecified atom stereocenters. The Labute approximate surface area is 132 Å². The lowest BCUT2D eigenvalue weighted by atomic mass is 10.2. The normalized spacial score (nSPS) is 11.0. The minimum atomic E-state index is -0.340. The van der Waals surface area contributed by atoms with Crippen LogP contribution in [-0.2, 0) is 6.54 Å². The van der Waals surface area contributed by atoms with Gasteiger partial charge in [-0.15, -0.1) is 0 Å². The smallest absolute Gasteiger partial charge is 0.261 e. The lowest BCUT2D eigenvalue weighted by molar-refractivity contribution is 0.624. The Bertz CT molecular complexity index is 897. The molecule has 0 aliphatic rings. The fourth-order valence-electron chi connectivity index (χ4n) is 1.98. The van der Waals surface area contributed by atoms with E-state index < -0.39 is 0 Å². The molecule has 0 aliphatic heterocycles. The molecule has 0 aliphatic carbocycles. The van der Waals surface area contributed by atoms with Crippen LogP contribution in [0.3, 0.4) is 0 Å². The Morgan fingerprint density at radius 1 is 1.29 bits per heavy atom. The van der Waals surface area contributed by atoms with Gasteiger partial charge in [-0.2, -0.15) is 0 Å². The molecule has 2 aromatic heterocycles. The van der Waals surface area contributed by atoms with E-state index in [1.807, 2.05) is 0 Å². The van der Waals surface area contributed by atoms with Crippen molar-refractivity contribution < 1.29 is 4.39 Å². The molecule has 3 rings (SSSR count). The molecular weight excluding hydrogens is 361 g/mol. The first-order chi connectivity index (χ1) is 10.0. The summed E-state index contributed by atoms with van der Waals surface area (Å²) in [6, 6.07) is 5.81. The van der Waals surface area contributed by atoms with E-state index in [4.69, 9.17) is 11.6 Å². The van der Waals surface area contributed by atoms with Gasteiger partial charge in [0.15, 0.2) is 0 Å².